The fourth-order valence-electron chi connectivity index (χ4n) is 3.95. The summed E-state index contributed by atoms with van der Waals surface area (Å²) in [7, 11) is 5.49. The molecule has 8 nitrogen and oxygen atoms in total. The molecule has 3 aromatic carbocycles. The molecule has 0 aliphatic carbocycles. The lowest BCUT2D eigenvalue weighted by Gasteiger charge is -2.24. The summed E-state index contributed by atoms with van der Waals surface area (Å²) in [6, 6.07) is 24.6. The van der Waals surface area contributed by atoms with E-state index in [4.69, 9.17) is 9.72 Å². The molecule has 0 radical (unpaired) electrons. The van der Waals surface area contributed by atoms with Gasteiger partial charge in [-0.15, -0.1) is 0 Å². The van der Waals surface area contributed by atoms with Crippen molar-refractivity contribution in [2.45, 2.75) is 6.92 Å². The molecule has 2 amide bonds. The molecule has 8 heteroatoms. The predicted octanol–water partition coefficient (Wildman–Crippen LogP) is 4.50. The number of benzene rings is 3. The fourth-order valence-corrected chi connectivity index (χ4v) is 3.95. The number of rotatable bonds is 10. The van der Waals surface area contributed by atoms with Gasteiger partial charge in [0, 0.05) is 36.1 Å². The number of nitrogens with one attached hydrogen (secondary N) is 1. The monoisotopic (exact) mass is 511 g/mol. The summed E-state index contributed by atoms with van der Waals surface area (Å²) < 4.78 is 7.12. The largest absolute Gasteiger partial charge is 0.497 e. The van der Waals surface area contributed by atoms with Gasteiger partial charge in [0.15, 0.2) is 0 Å². The third-order valence-electron chi connectivity index (χ3n) is 6.11. The highest BCUT2D eigenvalue weighted by Crippen LogP contribution is 2.26. The maximum Gasteiger partial charge on any atom is 0.254 e. The number of anilines is 1. The smallest absolute Gasteiger partial charge is 0.254 e. The Labute approximate surface area is 223 Å². The Kier molecular flexibility index (Phi) is 8.55. The van der Waals surface area contributed by atoms with Crippen molar-refractivity contribution >= 4 is 17.8 Å². The lowest BCUT2D eigenvalue weighted by Crippen LogP contribution is -2.41. The second-order valence-corrected chi connectivity index (χ2v) is 9.33. The average molecular weight is 512 g/mol. The van der Waals surface area contributed by atoms with Crippen LogP contribution in [0.5, 0.6) is 5.75 Å². The number of likely N-dealkylation sites (N-methyl/N-ethyl adjacent to an activating group) is 1. The Bertz CT molecular complexity index is 1360. The summed E-state index contributed by atoms with van der Waals surface area (Å²) in [6.45, 7) is 2.97. The Hall–Kier alpha value is -4.43. The van der Waals surface area contributed by atoms with Crippen LogP contribution < -0.4 is 10.1 Å². The molecule has 0 aliphatic heterocycles. The molecule has 196 valence electrons. The van der Waals surface area contributed by atoms with Gasteiger partial charge in [0.1, 0.15) is 12.3 Å². The van der Waals surface area contributed by atoms with E-state index in [0.29, 0.717) is 30.3 Å². The number of amides is 2. The van der Waals surface area contributed by atoms with E-state index in [1.54, 1.807) is 24.1 Å². The minimum atomic E-state index is -0.326. The van der Waals surface area contributed by atoms with Gasteiger partial charge in [-0.25, -0.2) is 4.98 Å². The van der Waals surface area contributed by atoms with E-state index in [1.807, 2.05) is 103 Å². The molecule has 38 heavy (non-hydrogen) atoms. The van der Waals surface area contributed by atoms with E-state index in [-0.39, 0.29) is 18.4 Å². The molecule has 0 atom stereocenters. The van der Waals surface area contributed by atoms with Crippen molar-refractivity contribution in [2.75, 3.05) is 46.2 Å². The number of nitrogens with zero attached hydrogens (tertiary/aromatic N) is 4. The number of aryl methyl sites for hydroxylation is 1. The standard InChI is InChI=1S/C30H33N5O3/c1-22-10-14-25(15-11-22)35-20-27(23-12-16-26(38-4)17-13-23)31-30(35)32-28(36)21-34(19-18-33(2)3)29(37)24-8-6-5-7-9-24/h5-17,20H,18-19,21H2,1-4H3,(H,31,32,36). The van der Waals surface area contributed by atoms with Crippen molar-refractivity contribution in [3.63, 3.8) is 0 Å². The summed E-state index contributed by atoms with van der Waals surface area (Å²) in [6.07, 6.45) is 1.89. The molecule has 0 spiro atoms. The molecule has 1 aromatic heterocycles. The first-order valence-electron chi connectivity index (χ1n) is 12.4. The Balaban J connectivity index is 1.61. The second-order valence-electron chi connectivity index (χ2n) is 9.33. The van der Waals surface area contributed by atoms with Crippen molar-refractivity contribution in [1.29, 1.82) is 0 Å². The first-order chi connectivity index (χ1) is 18.3. The highest BCUT2D eigenvalue weighted by Gasteiger charge is 2.21. The highest BCUT2D eigenvalue weighted by atomic mass is 16.5. The Morgan fingerprint density at radius 2 is 1.61 bits per heavy atom. The zero-order chi connectivity index (χ0) is 27.1. The van der Waals surface area contributed by atoms with Crippen molar-refractivity contribution in [3.05, 3.63) is 96.2 Å². The second kappa shape index (κ2) is 12.2. The molecule has 0 aliphatic rings. The molecule has 0 saturated carbocycles. The van der Waals surface area contributed by atoms with E-state index in [1.165, 1.54) is 0 Å². The fraction of sp³-hybridized carbons (Fsp3) is 0.233. The van der Waals surface area contributed by atoms with E-state index < -0.39 is 0 Å². The molecular weight excluding hydrogens is 478 g/mol. The summed E-state index contributed by atoms with van der Waals surface area (Å²) in [5, 5.41) is 2.94. The van der Waals surface area contributed by atoms with Gasteiger partial charge in [-0.3, -0.25) is 19.5 Å². The maximum atomic E-state index is 13.3. The van der Waals surface area contributed by atoms with E-state index >= 15 is 0 Å². The number of hydrogen-bond acceptors (Lipinski definition) is 5. The number of carbonyl (C=O) groups excluding carboxylic acids is 2. The van der Waals surface area contributed by atoms with Crippen LogP contribution in [0.3, 0.4) is 0 Å². The van der Waals surface area contributed by atoms with Gasteiger partial charge in [0.2, 0.25) is 11.9 Å². The van der Waals surface area contributed by atoms with Gasteiger partial charge in [-0.05, 0) is 69.6 Å². The molecule has 0 bridgehead atoms. The third-order valence-corrected chi connectivity index (χ3v) is 6.11. The van der Waals surface area contributed by atoms with Crippen LogP contribution in [-0.2, 0) is 4.79 Å². The van der Waals surface area contributed by atoms with Gasteiger partial charge in [-0.1, -0.05) is 35.9 Å². The number of imidazole rings is 1. The zero-order valence-corrected chi connectivity index (χ0v) is 22.2. The number of ether oxygens (including phenoxy) is 1. The molecular formula is C30H33N5O3. The van der Waals surface area contributed by atoms with Crippen molar-refractivity contribution in [2.24, 2.45) is 0 Å². The van der Waals surface area contributed by atoms with Gasteiger partial charge >= 0.3 is 0 Å². The van der Waals surface area contributed by atoms with Crippen LogP contribution >= 0.6 is 0 Å². The third kappa shape index (κ3) is 6.66. The quantitative estimate of drug-likeness (QED) is 0.339. The topological polar surface area (TPSA) is 79.7 Å². The summed E-state index contributed by atoms with van der Waals surface area (Å²) in [5.41, 5.74) is 4.13. The van der Waals surface area contributed by atoms with Crippen LogP contribution in [0.1, 0.15) is 15.9 Å². The zero-order valence-electron chi connectivity index (χ0n) is 22.2. The summed E-state index contributed by atoms with van der Waals surface area (Å²) >= 11 is 0. The van der Waals surface area contributed by atoms with Gasteiger partial charge < -0.3 is 14.5 Å². The van der Waals surface area contributed by atoms with Crippen LogP contribution in [0.4, 0.5) is 5.95 Å². The number of aromatic nitrogens is 2. The van der Waals surface area contributed by atoms with Crippen LogP contribution in [0.25, 0.3) is 16.9 Å². The number of carbonyl (C=O) groups is 2. The van der Waals surface area contributed by atoms with Crippen LogP contribution in [0, 0.1) is 6.92 Å². The van der Waals surface area contributed by atoms with Gasteiger partial charge in [0.05, 0.1) is 12.8 Å². The summed E-state index contributed by atoms with van der Waals surface area (Å²) in [4.78, 5) is 34.8. The van der Waals surface area contributed by atoms with Crippen molar-refractivity contribution in [3.8, 4) is 22.7 Å². The summed E-state index contributed by atoms with van der Waals surface area (Å²) in [5.74, 6) is 0.613. The lowest BCUT2D eigenvalue weighted by molar-refractivity contribution is -0.117. The molecule has 4 rings (SSSR count). The Morgan fingerprint density at radius 1 is 0.921 bits per heavy atom. The Morgan fingerprint density at radius 3 is 2.24 bits per heavy atom. The molecule has 1 N–H and O–H groups in total. The maximum absolute atomic E-state index is 13.3. The van der Waals surface area contributed by atoms with Gasteiger partial charge in [0.25, 0.3) is 5.91 Å². The molecule has 1 heterocycles. The molecule has 0 saturated heterocycles. The highest BCUT2D eigenvalue weighted by molar-refractivity contribution is 5.99. The van der Waals surface area contributed by atoms with E-state index in [0.717, 1.165) is 22.6 Å². The van der Waals surface area contributed by atoms with Crippen LogP contribution in [0.15, 0.2) is 85.1 Å². The molecule has 0 unspecified atom stereocenters. The van der Waals surface area contributed by atoms with Crippen LogP contribution in [-0.4, -0.2) is 72.0 Å². The first-order valence-corrected chi connectivity index (χ1v) is 12.4. The number of methoxy groups -OCH3 is 1. The minimum absolute atomic E-state index is 0.0970. The normalized spacial score (nSPS) is 10.9. The molecule has 0 fully saturated rings. The van der Waals surface area contributed by atoms with Gasteiger partial charge in [-0.2, -0.15) is 0 Å². The van der Waals surface area contributed by atoms with E-state index in [9.17, 15) is 9.59 Å². The molecule has 4 aromatic rings. The predicted molar refractivity (Wildman–Crippen MR) is 150 cm³/mol. The number of hydrogen-bond donors (Lipinski definition) is 1. The van der Waals surface area contributed by atoms with Crippen LogP contribution in [0.2, 0.25) is 0 Å². The lowest BCUT2D eigenvalue weighted by atomic mass is 10.1. The SMILES string of the molecule is COc1ccc(-c2cn(-c3ccc(C)cc3)c(NC(=O)CN(CCN(C)C)C(=O)c3ccccc3)n2)cc1. The van der Waals surface area contributed by atoms with Crippen molar-refractivity contribution in [1.82, 2.24) is 19.4 Å². The van der Waals surface area contributed by atoms with E-state index in [2.05, 4.69) is 5.32 Å². The minimum Gasteiger partial charge on any atom is -0.497 e. The first kappa shape index (κ1) is 26.6. The van der Waals surface area contributed by atoms with Crippen molar-refractivity contribution < 1.29 is 14.3 Å². The average Bonchev–Trinajstić information content (AvgIpc) is 3.35.